The molecule has 1 unspecified atom stereocenters. The lowest BCUT2D eigenvalue weighted by Crippen LogP contribution is -2.24. The summed E-state index contributed by atoms with van der Waals surface area (Å²) in [6.45, 7) is 1.23. The van der Waals surface area contributed by atoms with Gasteiger partial charge >= 0.3 is 0 Å². The molecule has 16 heavy (non-hydrogen) atoms. The molecule has 0 aliphatic carbocycles. The highest BCUT2D eigenvalue weighted by atomic mass is 32.2. The molecular formula is C9H13F5OS. The third kappa shape index (κ3) is 8.94. The molecule has 0 fully saturated rings. The number of thioether (sulfide) groups is 1. The highest BCUT2D eigenvalue weighted by Crippen LogP contribution is 2.29. The summed E-state index contributed by atoms with van der Waals surface area (Å²) >= 11 is 0.710. The van der Waals surface area contributed by atoms with Gasteiger partial charge in [-0.2, -0.15) is 0 Å². The van der Waals surface area contributed by atoms with Crippen molar-refractivity contribution >= 4 is 16.9 Å². The molecule has 0 heterocycles. The average Bonchev–Trinajstić information content (AvgIpc) is 1.98. The zero-order valence-electron chi connectivity index (χ0n) is 8.69. The van der Waals surface area contributed by atoms with E-state index < -0.39 is 37.8 Å². The predicted molar refractivity (Wildman–Crippen MR) is 52.8 cm³/mol. The lowest BCUT2D eigenvalue weighted by Gasteiger charge is -2.18. The van der Waals surface area contributed by atoms with Crippen LogP contribution in [0.5, 0.6) is 0 Å². The van der Waals surface area contributed by atoms with E-state index in [4.69, 9.17) is 0 Å². The van der Waals surface area contributed by atoms with E-state index in [1.54, 1.807) is 0 Å². The molecule has 0 rings (SSSR count). The van der Waals surface area contributed by atoms with Gasteiger partial charge in [0.25, 0.3) is 5.92 Å². The number of alkyl halides is 5. The fourth-order valence-corrected chi connectivity index (χ4v) is 1.74. The van der Waals surface area contributed by atoms with Crippen molar-refractivity contribution in [3.8, 4) is 0 Å². The molecule has 0 aromatic heterocycles. The molecule has 0 aromatic carbocycles. The maximum atomic E-state index is 13.0. The third-order valence-electron chi connectivity index (χ3n) is 1.73. The second kappa shape index (κ2) is 7.09. The molecule has 0 aliphatic rings. The van der Waals surface area contributed by atoms with Crippen molar-refractivity contribution in [1.29, 1.82) is 0 Å². The fraction of sp³-hybridized carbons (Fsp3) is 0.889. The van der Waals surface area contributed by atoms with Crippen LogP contribution in [0.3, 0.4) is 0 Å². The van der Waals surface area contributed by atoms with Gasteiger partial charge < -0.3 is 0 Å². The Morgan fingerprint density at radius 2 is 1.88 bits per heavy atom. The summed E-state index contributed by atoms with van der Waals surface area (Å²) in [5.74, 6) is -3.47. The Labute approximate surface area is 94.8 Å². The minimum absolute atomic E-state index is 0.135. The molecule has 0 radical (unpaired) electrons. The van der Waals surface area contributed by atoms with Crippen LogP contribution in [-0.2, 0) is 4.79 Å². The minimum atomic E-state index is -3.34. The maximum absolute atomic E-state index is 13.0. The van der Waals surface area contributed by atoms with Crippen LogP contribution in [-0.4, -0.2) is 29.4 Å². The summed E-state index contributed by atoms with van der Waals surface area (Å²) in [5, 5.41) is -0.305. The summed E-state index contributed by atoms with van der Waals surface area (Å²) in [6, 6.07) is 0. The van der Waals surface area contributed by atoms with E-state index in [2.05, 4.69) is 0 Å². The summed E-state index contributed by atoms with van der Waals surface area (Å²) < 4.78 is 62.0. The van der Waals surface area contributed by atoms with E-state index in [0.717, 1.165) is 0 Å². The SMILES string of the molecule is CC(=O)SCCC(F)(F)CC(F)CC(F)F. The van der Waals surface area contributed by atoms with E-state index in [9.17, 15) is 26.7 Å². The van der Waals surface area contributed by atoms with Gasteiger partial charge in [0, 0.05) is 31.9 Å². The van der Waals surface area contributed by atoms with E-state index in [1.165, 1.54) is 6.92 Å². The van der Waals surface area contributed by atoms with Gasteiger partial charge in [-0.05, 0) is 0 Å². The molecule has 0 aromatic rings. The van der Waals surface area contributed by atoms with Crippen molar-refractivity contribution < 1.29 is 26.7 Å². The van der Waals surface area contributed by atoms with Crippen LogP contribution in [0.15, 0.2) is 0 Å². The van der Waals surface area contributed by atoms with Crippen LogP contribution in [0.25, 0.3) is 0 Å². The van der Waals surface area contributed by atoms with Gasteiger partial charge in [-0.15, -0.1) is 0 Å². The molecule has 0 saturated heterocycles. The Kier molecular flexibility index (Phi) is 6.94. The zero-order valence-corrected chi connectivity index (χ0v) is 9.51. The van der Waals surface area contributed by atoms with Crippen LogP contribution in [0.1, 0.15) is 26.2 Å². The van der Waals surface area contributed by atoms with Gasteiger partial charge in [0.05, 0.1) is 0 Å². The minimum Gasteiger partial charge on any atom is -0.288 e. The number of carbonyl (C=O) groups is 1. The standard InChI is InChI=1S/C9H13F5OS/c1-6(15)16-3-2-9(13,14)5-7(10)4-8(11)12/h7-8H,2-5H2,1H3. The topological polar surface area (TPSA) is 17.1 Å². The van der Waals surface area contributed by atoms with Crippen molar-refractivity contribution in [2.24, 2.45) is 0 Å². The van der Waals surface area contributed by atoms with E-state index in [1.807, 2.05) is 0 Å². The van der Waals surface area contributed by atoms with E-state index >= 15 is 0 Å². The van der Waals surface area contributed by atoms with Crippen molar-refractivity contribution in [3.05, 3.63) is 0 Å². The van der Waals surface area contributed by atoms with Crippen LogP contribution in [0.4, 0.5) is 22.0 Å². The van der Waals surface area contributed by atoms with Crippen molar-refractivity contribution in [2.75, 3.05) is 5.75 Å². The first-order chi connectivity index (χ1) is 7.23. The Morgan fingerprint density at radius 3 is 2.31 bits per heavy atom. The maximum Gasteiger partial charge on any atom is 0.251 e. The van der Waals surface area contributed by atoms with Crippen LogP contribution >= 0.6 is 11.8 Å². The Morgan fingerprint density at radius 1 is 1.31 bits per heavy atom. The van der Waals surface area contributed by atoms with Gasteiger partial charge in [-0.3, -0.25) is 4.79 Å². The van der Waals surface area contributed by atoms with E-state index in [-0.39, 0.29) is 10.9 Å². The normalized spacial score (nSPS) is 14.2. The highest BCUT2D eigenvalue weighted by Gasteiger charge is 2.33. The molecule has 96 valence electrons. The lowest BCUT2D eigenvalue weighted by molar-refractivity contribution is -0.109. The number of halogens is 5. The summed E-state index contributed by atoms with van der Waals surface area (Å²) in [5.41, 5.74) is 0. The molecule has 1 atom stereocenters. The molecule has 0 saturated carbocycles. The number of carbonyl (C=O) groups excluding carboxylic acids is 1. The molecule has 0 N–H and O–H groups in total. The molecule has 7 heteroatoms. The average molecular weight is 264 g/mol. The summed E-state index contributed by atoms with van der Waals surface area (Å²) in [7, 11) is 0. The van der Waals surface area contributed by atoms with Gasteiger partial charge in [0.2, 0.25) is 6.43 Å². The zero-order chi connectivity index (χ0) is 12.8. The number of hydrogen-bond acceptors (Lipinski definition) is 2. The molecule has 0 spiro atoms. The number of rotatable bonds is 7. The fourth-order valence-electron chi connectivity index (χ4n) is 1.05. The first kappa shape index (κ1) is 15.7. The lowest BCUT2D eigenvalue weighted by atomic mass is 10.1. The van der Waals surface area contributed by atoms with Crippen molar-refractivity contribution in [3.63, 3.8) is 0 Å². The van der Waals surface area contributed by atoms with Gasteiger partial charge in [0.15, 0.2) is 5.12 Å². The quantitative estimate of drug-likeness (QED) is 0.652. The molecule has 1 nitrogen and oxygen atoms in total. The van der Waals surface area contributed by atoms with Crippen molar-refractivity contribution in [1.82, 2.24) is 0 Å². The van der Waals surface area contributed by atoms with E-state index in [0.29, 0.717) is 11.8 Å². The van der Waals surface area contributed by atoms with Gasteiger partial charge in [-0.1, -0.05) is 11.8 Å². The monoisotopic (exact) mass is 264 g/mol. The highest BCUT2D eigenvalue weighted by molar-refractivity contribution is 8.13. The van der Waals surface area contributed by atoms with Gasteiger partial charge in [-0.25, -0.2) is 22.0 Å². The Bertz CT molecular complexity index is 222. The molecule has 0 bridgehead atoms. The van der Waals surface area contributed by atoms with Crippen LogP contribution < -0.4 is 0 Å². The van der Waals surface area contributed by atoms with Crippen LogP contribution in [0.2, 0.25) is 0 Å². The summed E-state index contributed by atoms with van der Waals surface area (Å²) in [4.78, 5) is 10.4. The molecular weight excluding hydrogens is 251 g/mol. The second-order valence-corrected chi connectivity index (χ2v) is 4.65. The third-order valence-corrected chi connectivity index (χ3v) is 2.54. The van der Waals surface area contributed by atoms with Crippen molar-refractivity contribution in [2.45, 2.75) is 44.7 Å². The largest absolute Gasteiger partial charge is 0.288 e. The summed E-state index contributed by atoms with van der Waals surface area (Å²) in [6.07, 6.45) is -8.19. The Balaban J connectivity index is 3.88. The Hall–Kier alpha value is -0.330. The second-order valence-electron chi connectivity index (χ2n) is 3.37. The molecule has 0 amide bonds. The van der Waals surface area contributed by atoms with Gasteiger partial charge in [0.1, 0.15) is 6.17 Å². The number of hydrogen-bond donors (Lipinski definition) is 0. The smallest absolute Gasteiger partial charge is 0.251 e. The molecule has 0 aliphatic heterocycles. The predicted octanol–water partition coefficient (Wildman–Crippen LogP) is 3.67. The first-order valence-electron chi connectivity index (χ1n) is 4.66. The first-order valence-corrected chi connectivity index (χ1v) is 5.65. The van der Waals surface area contributed by atoms with Crippen LogP contribution in [0, 0.1) is 0 Å².